The summed E-state index contributed by atoms with van der Waals surface area (Å²) < 4.78 is 8.62. The van der Waals surface area contributed by atoms with Gasteiger partial charge in [0.15, 0.2) is 0 Å². The van der Waals surface area contributed by atoms with Gasteiger partial charge in [0.1, 0.15) is 12.4 Å². The molecule has 0 amide bonds. The van der Waals surface area contributed by atoms with E-state index in [1.54, 1.807) is 0 Å². The minimum absolute atomic E-state index is 0.461. The monoisotopic (exact) mass is 309 g/mol. The number of nitrogens with two attached hydrogens (primary N) is 1. The molecule has 5 heteroatoms. The van der Waals surface area contributed by atoms with Crippen LogP contribution in [-0.4, -0.2) is 9.78 Å². The second kappa shape index (κ2) is 5.02. The zero-order valence-electron chi connectivity index (χ0n) is 10.7. The Balaban J connectivity index is 2.19. The SMILES string of the molecule is Cc1ccc(N)cc1OCc1c(Br)c(C)nn1C. The van der Waals surface area contributed by atoms with Gasteiger partial charge < -0.3 is 10.5 Å². The van der Waals surface area contributed by atoms with Gasteiger partial charge in [0.2, 0.25) is 0 Å². The maximum Gasteiger partial charge on any atom is 0.131 e. The van der Waals surface area contributed by atoms with Crippen molar-refractivity contribution in [2.24, 2.45) is 7.05 Å². The van der Waals surface area contributed by atoms with E-state index in [1.807, 2.05) is 43.8 Å². The highest BCUT2D eigenvalue weighted by Crippen LogP contribution is 2.25. The van der Waals surface area contributed by atoms with Crippen LogP contribution in [0.15, 0.2) is 22.7 Å². The summed E-state index contributed by atoms with van der Waals surface area (Å²) in [5.41, 5.74) is 9.49. The second-order valence-corrected chi connectivity index (χ2v) is 5.08. The Hall–Kier alpha value is -1.49. The van der Waals surface area contributed by atoms with Crippen molar-refractivity contribution >= 4 is 21.6 Å². The average Bonchev–Trinajstić information content (AvgIpc) is 2.55. The highest BCUT2D eigenvalue weighted by molar-refractivity contribution is 9.10. The Morgan fingerprint density at radius 1 is 1.39 bits per heavy atom. The van der Waals surface area contributed by atoms with Crippen LogP contribution in [0.5, 0.6) is 5.75 Å². The summed E-state index contributed by atoms with van der Waals surface area (Å²) in [6.07, 6.45) is 0. The summed E-state index contributed by atoms with van der Waals surface area (Å²) in [6, 6.07) is 5.66. The third-order valence-electron chi connectivity index (χ3n) is 2.84. The molecule has 2 N–H and O–H groups in total. The van der Waals surface area contributed by atoms with Gasteiger partial charge in [-0.1, -0.05) is 6.07 Å². The van der Waals surface area contributed by atoms with E-state index in [0.29, 0.717) is 12.3 Å². The molecule has 1 heterocycles. The molecule has 0 aliphatic rings. The van der Waals surface area contributed by atoms with E-state index in [1.165, 1.54) is 0 Å². The van der Waals surface area contributed by atoms with Gasteiger partial charge in [-0.15, -0.1) is 0 Å². The summed E-state index contributed by atoms with van der Waals surface area (Å²) in [4.78, 5) is 0. The lowest BCUT2D eigenvalue weighted by molar-refractivity contribution is 0.292. The minimum Gasteiger partial charge on any atom is -0.487 e. The summed E-state index contributed by atoms with van der Waals surface area (Å²) in [7, 11) is 1.91. The normalized spacial score (nSPS) is 10.7. The Labute approximate surface area is 115 Å². The van der Waals surface area contributed by atoms with Crippen molar-refractivity contribution in [1.29, 1.82) is 0 Å². The number of anilines is 1. The van der Waals surface area contributed by atoms with Crippen molar-refractivity contribution < 1.29 is 4.74 Å². The van der Waals surface area contributed by atoms with Crippen LogP contribution in [0.4, 0.5) is 5.69 Å². The van der Waals surface area contributed by atoms with E-state index < -0.39 is 0 Å². The molecule has 1 aromatic heterocycles. The molecule has 0 atom stereocenters. The molecule has 0 aliphatic carbocycles. The number of rotatable bonds is 3. The summed E-state index contributed by atoms with van der Waals surface area (Å²) in [5, 5.41) is 4.33. The fourth-order valence-corrected chi connectivity index (χ4v) is 2.21. The fraction of sp³-hybridized carbons (Fsp3) is 0.308. The molecular formula is C13H16BrN3O. The molecular weight excluding hydrogens is 294 g/mol. The molecule has 0 aliphatic heterocycles. The Kier molecular flexibility index (Phi) is 3.61. The van der Waals surface area contributed by atoms with Crippen LogP contribution in [0.25, 0.3) is 0 Å². The topological polar surface area (TPSA) is 53.1 Å². The lowest BCUT2D eigenvalue weighted by atomic mass is 10.2. The zero-order chi connectivity index (χ0) is 13.3. The standard InChI is InChI=1S/C13H16BrN3O/c1-8-4-5-10(15)6-12(8)18-7-11-13(14)9(2)16-17(11)3/h4-6H,7,15H2,1-3H3. The van der Waals surface area contributed by atoms with Gasteiger partial charge >= 0.3 is 0 Å². The molecule has 4 nitrogen and oxygen atoms in total. The van der Waals surface area contributed by atoms with Crippen LogP contribution in [0.1, 0.15) is 17.0 Å². The lowest BCUT2D eigenvalue weighted by Gasteiger charge is -2.10. The molecule has 0 fully saturated rings. The van der Waals surface area contributed by atoms with Crippen LogP contribution >= 0.6 is 15.9 Å². The molecule has 18 heavy (non-hydrogen) atoms. The van der Waals surface area contributed by atoms with Gasteiger partial charge in [0.25, 0.3) is 0 Å². The maximum absolute atomic E-state index is 5.81. The molecule has 2 rings (SSSR count). The molecule has 0 radical (unpaired) electrons. The second-order valence-electron chi connectivity index (χ2n) is 4.28. The molecule has 96 valence electrons. The molecule has 1 aromatic carbocycles. The molecule has 2 aromatic rings. The van der Waals surface area contributed by atoms with Gasteiger partial charge in [0.05, 0.1) is 15.9 Å². The first kappa shape index (κ1) is 13.0. The maximum atomic E-state index is 5.81. The molecule has 0 saturated heterocycles. The number of nitrogens with zero attached hydrogens (tertiary/aromatic N) is 2. The molecule has 0 saturated carbocycles. The van der Waals surface area contributed by atoms with Crippen molar-refractivity contribution in [2.45, 2.75) is 20.5 Å². The van der Waals surface area contributed by atoms with Crippen molar-refractivity contribution in [1.82, 2.24) is 9.78 Å². The Morgan fingerprint density at radius 2 is 2.11 bits per heavy atom. The van der Waals surface area contributed by atoms with Crippen molar-refractivity contribution in [3.8, 4) is 5.75 Å². The molecule has 0 unspecified atom stereocenters. The third kappa shape index (κ3) is 2.51. The van der Waals surface area contributed by atoms with E-state index in [4.69, 9.17) is 10.5 Å². The Bertz CT molecular complexity index is 578. The van der Waals surface area contributed by atoms with Gasteiger partial charge in [-0.3, -0.25) is 4.68 Å². The largest absolute Gasteiger partial charge is 0.487 e. The predicted molar refractivity (Wildman–Crippen MR) is 75.6 cm³/mol. The number of benzene rings is 1. The van der Waals surface area contributed by atoms with Crippen LogP contribution in [0, 0.1) is 13.8 Å². The predicted octanol–water partition coefficient (Wildman–Crippen LogP) is 2.96. The number of nitrogen functional groups attached to an aromatic ring is 1. The van der Waals surface area contributed by atoms with E-state index in [-0.39, 0.29) is 0 Å². The van der Waals surface area contributed by atoms with E-state index >= 15 is 0 Å². The number of aromatic nitrogens is 2. The number of halogens is 1. The first-order valence-corrected chi connectivity index (χ1v) is 6.45. The zero-order valence-corrected chi connectivity index (χ0v) is 12.3. The van der Waals surface area contributed by atoms with Crippen LogP contribution in [-0.2, 0) is 13.7 Å². The molecule has 0 bridgehead atoms. The first-order valence-electron chi connectivity index (χ1n) is 5.66. The smallest absolute Gasteiger partial charge is 0.131 e. The summed E-state index contributed by atoms with van der Waals surface area (Å²) in [5.74, 6) is 0.806. The average molecular weight is 310 g/mol. The highest BCUT2D eigenvalue weighted by Gasteiger charge is 2.11. The first-order chi connectivity index (χ1) is 8.49. The van der Waals surface area contributed by atoms with Gasteiger partial charge in [0, 0.05) is 18.8 Å². The van der Waals surface area contributed by atoms with Gasteiger partial charge in [-0.2, -0.15) is 5.10 Å². The van der Waals surface area contributed by atoms with Gasteiger partial charge in [-0.25, -0.2) is 0 Å². The van der Waals surface area contributed by atoms with E-state index in [0.717, 1.165) is 27.2 Å². The van der Waals surface area contributed by atoms with Crippen molar-refractivity contribution in [3.63, 3.8) is 0 Å². The van der Waals surface area contributed by atoms with Crippen molar-refractivity contribution in [2.75, 3.05) is 5.73 Å². The van der Waals surface area contributed by atoms with E-state index in [9.17, 15) is 0 Å². The van der Waals surface area contributed by atoms with Crippen LogP contribution in [0.2, 0.25) is 0 Å². The van der Waals surface area contributed by atoms with Gasteiger partial charge in [-0.05, 0) is 41.4 Å². The van der Waals surface area contributed by atoms with Crippen LogP contribution in [0.3, 0.4) is 0 Å². The summed E-state index contributed by atoms with van der Waals surface area (Å²) in [6.45, 7) is 4.42. The number of hydrogen-bond donors (Lipinski definition) is 1. The van der Waals surface area contributed by atoms with Crippen molar-refractivity contribution in [3.05, 3.63) is 39.6 Å². The quantitative estimate of drug-likeness (QED) is 0.887. The third-order valence-corrected chi connectivity index (χ3v) is 3.87. The minimum atomic E-state index is 0.461. The number of ether oxygens (including phenoxy) is 1. The molecule has 0 spiro atoms. The lowest BCUT2D eigenvalue weighted by Crippen LogP contribution is -2.04. The van der Waals surface area contributed by atoms with E-state index in [2.05, 4.69) is 21.0 Å². The number of hydrogen-bond acceptors (Lipinski definition) is 3. The fourth-order valence-electron chi connectivity index (χ4n) is 1.76. The van der Waals surface area contributed by atoms with Crippen LogP contribution < -0.4 is 10.5 Å². The highest BCUT2D eigenvalue weighted by atomic mass is 79.9. The number of aryl methyl sites for hydroxylation is 3. The summed E-state index contributed by atoms with van der Waals surface area (Å²) >= 11 is 3.52. The Morgan fingerprint density at radius 3 is 2.72 bits per heavy atom.